The number of nitrogens with zero attached hydrogens (tertiary/aromatic N) is 6. The highest BCUT2D eigenvalue weighted by atomic mass is 35.5. The third-order valence-corrected chi connectivity index (χ3v) is 4.11. The molecule has 0 unspecified atom stereocenters. The lowest BCUT2D eigenvalue weighted by Gasteiger charge is -2.27. The van der Waals surface area contributed by atoms with Crippen molar-refractivity contribution in [3.8, 4) is 11.3 Å². The number of pyridine rings is 1. The molecule has 25 heavy (non-hydrogen) atoms. The largest absolute Gasteiger partial charge is 0.463 e. The number of ether oxygens (including phenoxy) is 1. The molecule has 0 atom stereocenters. The summed E-state index contributed by atoms with van der Waals surface area (Å²) >= 11 is 5.85. The van der Waals surface area contributed by atoms with Gasteiger partial charge in [-0.15, -0.1) is 0 Å². The van der Waals surface area contributed by atoms with Crippen LogP contribution in [0.1, 0.15) is 0 Å². The molecule has 1 saturated heterocycles. The normalized spacial score (nSPS) is 14.8. The van der Waals surface area contributed by atoms with E-state index in [1.165, 1.54) is 6.20 Å². The Morgan fingerprint density at radius 3 is 2.68 bits per heavy atom. The van der Waals surface area contributed by atoms with E-state index < -0.39 is 6.09 Å². The fourth-order valence-corrected chi connectivity index (χ4v) is 2.86. The van der Waals surface area contributed by atoms with Crippen molar-refractivity contribution in [1.29, 1.82) is 0 Å². The van der Waals surface area contributed by atoms with Gasteiger partial charge in [-0.1, -0.05) is 0 Å². The van der Waals surface area contributed by atoms with Gasteiger partial charge in [0.2, 0.25) is 5.28 Å². The number of halogens is 1. The van der Waals surface area contributed by atoms with E-state index in [1.54, 1.807) is 6.20 Å². The van der Waals surface area contributed by atoms with Crippen molar-refractivity contribution in [1.82, 2.24) is 24.7 Å². The zero-order valence-corrected chi connectivity index (χ0v) is 13.7. The van der Waals surface area contributed by atoms with Crippen molar-refractivity contribution in [2.45, 2.75) is 0 Å². The van der Waals surface area contributed by atoms with E-state index in [9.17, 15) is 9.90 Å². The topological polar surface area (TPSA) is 106 Å². The van der Waals surface area contributed by atoms with Crippen molar-refractivity contribution >= 4 is 34.5 Å². The van der Waals surface area contributed by atoms with E-state index in [-0.39, 0.29) is 10.8 Å². The molecule has 3 aromatic rings. The number of carboxylic acid groups (broad SMARTS) is 1. The van der Waals surface area contributed by atoms with Gasteiger partial charge in [-0.3, -0.25) is 0 Å². The van der Waals surface area contributed by atoms with Crippen LogP contribution in [0.5, 0.6) is 0 Å². The Labute approximate surface area is 146 Å². The van der Waals surface area contributed by atoms with Crippen molar-refractivity contribution in [3.05, 3.63) is 29.8 Å². The standard InChI is InChI=1S/C15H13ClN6O3/c16-14-18-8-10-13(19-14)12(20-22(10)15(23)24)9-1-2-11(17-7-9)21-3-5-25-6-4-21/h1-2,7-8H,3-6H2,(H,23,24). The summed E-state index contributed by atoms with van der Waals surface area (Å²) < 4.78 is 6.16. The Morgan fingerprint density at radius 2 is 2.00 bits per heavy atom. The quantitative estimate of drug-likeness (QED) is 0.691. The van der Waals surface area contributed by atoms with E-state index >= 15 is 0 Å². The van der Waals surface area contributed by atoms with E-state index in [1.807, 2.05) is 12.1 Å². The van der Waals surface area contributed by atoms with Crippen LogP contribution < -0.4 is 4.90 Å². The Kier molecular flexibility index (Phi) is 3.94. The molecule has 1 aliphatic rings. The first kappa shape index (κ1) is 15.7. The van der Waals surface area contributed by atoms with Gasteiger partial charge >= 0.3 is 6.09 Å². The average Bonchev–Trinajstić information content (AvgIpc) is 3.01. The van der Waals surface area contributed by atoms with E-state index in [2.05, 4.69) is 25.0 Å². The van der Waals surface area contributed by atoms with Crippen LogP contribution in [0.25, 0.3) is 22.3 Å². The predicted molar refractivity (Wildman–Crippen MR) is 90.0 cm³/mol. The second kappa shape index (κ2) is 6.26. The molecule has 10 heteroatoms. The third kappa shape index (κ3) is 2.87. The monoisotopic (exact) mass is 360 g/mol. The maximum absolute atomic E-state index is 11.4. The van der Waals surface area contributed by atoms with E-state index in [0.717, 1.165) is 23.6 Å². The SMILES string of the molecule is O=C(O)n1nc(-c2ccc(N3CCOCC3)nc2)c2nc(Cl)ncc21. The minimum absolute atomic E-state index is 0.0246. The maximum Gasteiger partial charge on any atom is 0.432 e. The Bertz CT molecular complexity index is 936. The molecule has 4 rings (SSSR count). The van der Waals surface area contributed by atoms with E-state index in [0.29, 0.717) is 30.0 Å². The summed E-state index contributed by atoms with van der Waals surface area (Å²) in [6.07, 6.45) is 1.76. The van der Waals surface area contributed by atoms with Gasteiger partial charge in [0.15, 0.2) is 0 Å². The van der Waals surface area contributed by atoms with Gasteiger partial charge in [0, 0.05) is 24.8 Å². The molecule has 0 bridgehead atoms. The van der Waals surface area contributed by atoms with Gasteiger partial charge in [0.25, 0.3) is 0 Å². The number of carbonyl (C=O) groups is 1. The average molecular weight is 361 g/mol. The number of morpholine rings is 1. The second-order valence-corrected chi connectivity index (χ2v) is 5.76. The van der Waals surface area contributed by atoms with Gasteiger partial charge in [-0.2, -0.15) is 9.78 Å². The minimum Gasteiger partial charge on any atom is -0.463 e. The van der Waals surface area contributed by atoms with Crippen molar-refractivity contribution in [2.24, 2.45) is 0 Å². The Morgan fingerprint density at radius 1 is 1.20 bits per heavy atom. The highest BCUT2D eigenvalue weighted by Gasteiger charge is 2.19. The molecule has 3 aromatic heterocycles. The lowest BCUT2D eigenvalue weighted by molar-refractivity contribution is 0.122. The zero-order valence-electron chi connectivity index (χ0n) is 13.0. The molecule has 0 aromatic carbocycles. The smallest absolute Gasteiger partial charge is 0.432 e. The molecule has 0 radical (unpaired) electrons. The van der Waals surface area contributed by atoms with Crippen molar-refractivity contribution in [2.75, 3.05) is 31.2 Å². The minimum atomic E-state index is -1.22. The molecule has 4 heterocycles. The van der Waals surface area contributed by atoms with Crippen molar-refractivity contribution < 1.29 is 14.6 Å². The van der Waals surface area contributed by atoms with Crippen LogP contribution in [-0.4, -0.2) is 62.2 Å². The molecule has 0 aliphatic carbocycles. The molecule has 9 nitrogen and oxygen atoms in total. The maximum atomic E-state index is 11.4. The highest BCUT2D eigenvalue weighted by Crippen LogP contribution is 2.27. The molecule has 1 N–H and O–H groups in total. The number of hydrogen-bond acceptors (Lipinski definition) is 7. The van der Waals surface area contributed by atoms with Crippen LogP contribution in [0.4, 0.5) is 10.6 Å². The van der Waals surface area contributed by atoms with Crippen LogP contribution in [0.15, 0.2) is 24.5 Å². The molecule has 1 fully saturated rings. The summed E-state index contributed by atoms with van der Waals surface area (Å²) in [6.45, 7) is 2.91. The first-order chi connectivity index (χ1) is 12.1. The Hall–Kier alpha value is -2.78. The van der Waals surface area contributed by atoms with Crippen LogP contribution in [0.2, 0.25) is 5.28 Å². The highest BCUT2D eigenvalue weighted by molar-refractivity contribution is 6.28. The lowest BCUT2D eigenvalue weighted by atomic mass is 10.2. The fourth-order valence-electron chi connectivity index (χ4n) is 2.73. The van der Waals surface area contributed by atoms with Crippen molar-refractivity contribution in [3.63, 3.8) is 0 Å². The number of anilines is 1. The number of rotatable bonds is 2. The molecule has 0 amide bonds. The summed E-state index contributed by atoms with van der Waals surface area (Å²) in [5, 5.41) is 13.5. The summed E-state index contributed by atoms with van der Waals surface area (Å²) in [4.78, 5) is 25.9. The molecule has 0 saturated carbocycles. The van der Waals surface area contributed by atoms with Crippen LogP contribution in [0, 0.1) is 0 Å². The van der Waals surface area contributed by atoms with Gasteiger partial charge in [0.05, 0.1) is 19.4 Å². The van der Waals surface area contributed by atoms with E-state index in [4.69, 9.17) is 16.3 Å². The summed E-state index contributed by atoms with van der Waals surface area (Å²) in [7, 11) is 0. The summed E-state index contributed by atoms with van der Waals surface area (Å²) in [5.41, 5.74) is 1.67. The number of fused-ring (bicyclic) bond motifs is 1. The van der Waals surface area contributed by atoms with Crippen LogP contribution in [0.3, 0.4) is 0 Å². The van der Waals surface area contributed by atoms with Gasteiger partial charge < -0.3 is 14.7 Å². The molecule has 0 spiro atoms. The molecule has 128 valence electrons. The first-order valence-corrected chi connectivity index (χ1v) is 7.95. The predicted octanol–water partition coefficient (Wildman–Crippen LogP) is 1.90. The van der Waals surface area contributed by atoms with Gasteiger partial charge in [0.1, 0.15) is 22.5 Å². The summed E-state index contributed by atoms with van der Waals surface area (Å²) in [6, 6.07) is 3.71. The number of hydrogen-bond donors (Lipinski definition) is 1. The Balaban J connectivity index is 1.76. The van der Waals surface area contributed by atoms with Gasteiger partial charge in [-0.05, 0) is 23.7 Å². The second-order valence-electron chi connectivity index (χ2n) is 5.42. The van der Waals surface area contributed by atoms with Crippen LogP contribution in [-0.2, 0) is 4.74 Å². The molecular weight excluding hydrogens is 348 g/mol. The first-order valence-electron chi connectivity index (χ1n) is 7.57. The lowest BCUT2D eigenvalue weighted by Crippen LogP contribution is -2.36. The zero-order chi connectivity index (χ0) is 17.4. The fraction of sp³-hybridized carbons (Fsp3) is 0.267. The molecule has 1 aliphatic heterocycles. The molecular formula is C15H13ClN6O3. The number of aromatic nitrogens is 5. The van der Waals surface area contributed by atoms with Crippen LogP contribution >= 0.6 is 11.6 Å². The summed E-state index contributed by atoms with van der Waals surface area (Å²) in [5.74, 6) is 0.835. The third-order valence-electron chi connectivity index (χ3n) is 3.93. The van der Waals surface area contributed by atoms with Gasteiger partial charge in [-0.25, -0.2) is 19.7 Å².